The fraction of sp³-hybridized carbons (Fsp3) is 0.500. The summed E-state index contributed by atoms with van der Waals surface area (Å²) < 4.78 is 10.7. The van der Waals surface area contributed by atoms with Crippen LogP contribution in [0.4, 0.5) is 0 Å². The normalized spacial score (nSPS) is 17.8. The van der Waals surface area contributed by atoms with Crippen LogP contribution in [0.3, 0.4) is 0 Å². The van der Waals surface area contributed by atoms with Gasteiger partial charge in [0.1, 0.15) is 23.2 Å². The third-order valence-corrected chi connectivity index (χ3v) is 2.75. The molecule has 5 nitrogen and oxygen atoms in total. The smallest absolute Gasteiger partial charge is 0.338 e. The summed E-state index contributed by atoms with van der Waals surface area (Å²) in [6, 6.07) is 2.91. The molecule has 0 spiro atoms. The summed E-state index contributed by atoms with van der Waals surface area (Å²) in [6.45, 7) is 5.19. The highest BCUT2D eigenvalue weighted by atomic mass is 16.6. The summed E-state index contributed by atoms with van der Waals surface area (Å²) in [7, 11) is 0. The maximum absolute atomic E-state index is 11.9. The topological polar surface area (TPSA) is 76.0 Å². The molecule has 2 N–H and O–H groups in total. The molecule has 0 bridgehead atoms. The summed E-state index contributed by atoms with van der Waals surface area (Å²) in [5, 5.41) is 19.0. The molecule has 2 rings (SSSR count). The Morgan fingerprint density at radius 3 is 2.74 bits per heavy atom. The Morgan fingerprint density at radius 1 is 1.47 bits per heavy atom. The van der Waals surface area contributed by atoms with Gasteiger partial charge in [0.05, 0.1) is 12.2 Å². The van der Waals surface area contributed by atoms with E-state index in [9.17, 15) is 9.90 Å². The molecule has 0 saturated heterocycles. The minimum Gasteiger partial charge on any atom is -0.508 e. The number of esters is 1. The summed E-state index contributed by atoms with van der Waals surface area (Å²) in [5.41, 5.74) is 0.261. The lowest BCUT2D eigenvalue weighted by Gasteiger charge is -2.19. The Hall–Kier alpha value is -1.75. The molecule has 5 heteroatoms. The van der Waals surface area contributed by atoms with Crippen LogP contribution >= 0.6 is 0 Å². The molecule has 0 radical (unpaired) electrons. The van der Waals surface area contributed by atoms with Crippen molar-refractivity contribution in [1.29, 1.82) is 0 Å². The Bertz CT molecular complexity index is 501. The fourth-order valence-corrected chi connectivity index (χ4v) is 1.95. The summed E-state index contributed by atoms with van der Waals surface area (Å²) in [4.78, 5) is 11.9. The number of aromatic hydroxyl groups is 1. The number of aliphatic hydroxyl groups excluding tert-OH is 1. The number of rotatable bonds is 2. The molecule has 1 aliphatic heterocycles. The number of hydrogen-bond acceptors (Lipinski definition) is 5. The first-order valence-corrected chi connectivity index (χ1v) is 6.17. The van der Waals surface area contributed by atoms with Gasteiger partial charge in [0.2, 0.25) is 0 Å². The first kappa shape index (κ1) is 13.7. The predicted octanol–water partition coefficient (Wildman–Crippen LogP) is 1.64. The number of carbonyl (C=O) groups excluding carboxylic acids is 1. The number of phenolic OH excluding ortho intramolecular Hbond substituents is 1. The van der Waals surface area contributed by atoms with E-state index in [2.05, 4.69) is 0 Å². The second-order valence-electron chi connectivity index (χ2n) is 5.60. The van der Waals surface area contributed by atoms with E-state index < -0.39 is 11.6 Å². The molecule has 0 aliphatic carbocycles. The molecule has 1 atom stereocenters. The monoisotopic (exact) mass is 266 g/mol. The fourth-order valence-electron chi connectivity index (χ4n) is 1.95. The highest BCUT2D eigenvalue weighted by Crippen LogP contribution is 2.37. The predicted molar refractivity (Wildman–Crippen MR) is 68.5 cm³/mol. The Kier molecular flexibility index (Phi) is 3.41. The van der Waals surface area contributed by atoms with E-state index in [-0.39, 0.29) is 24.0 Å². The minimum absolute atomic E-state index is 0.00527. The van der Waals surface area contributed by atoms with Gasteiger partial charge in [-0.1, -0.05) is 0 Å². The number of ether oxygens (including phenoxy) is 2. The van der Waals surface area contributed by atoms with Gasteiger partial charge in [0.15, 0.2) is 0 Å². The van der Waals surface area contributed by atoms with Crippen molar-refractivity contribution in [2.24, 2.45) is 0 Å². The highest BCUT2D eigenvalue weighted by Gasteiger charge is 2.28. The number of carbonyl (C=O) groups is 1. The van der Waals surface area contributed by atoms with Crippen LogP contribution in [0.2, 0.25) is 0 Å². The van der Waals surface area contributed by atoms with E-state index in [0.717, 1.165) is 0 Å². The molecule has 1 aliphatic rings. The van der Waals surface area contributed by atoms with E-state index >= 15 is 0 Å². The van der Waals surface area contributed by atoms with Gasteiger partial charge in [-0.05, 0) is 32.9 Å². The number of hydrogen-bond donors (Lipinski definition) is 2. The van der Waals surface area contributed by atoms with Gasteiger partial charge < -0.3 is 19.7 Å². The van der Waals surface area contributed by atoms with Crippen molar-refractivity contribution in [3.05, 3.63) is 23.3 Å². The molecular weight excluding hydrogens is 248 g/mol. The van der Waals surface area contributed by atoms with E-state index in [4.69, 9.17) is 14.6 Å². The molecule has 0 aromatic heterocycles. The average Bonchev–Trinajstić information content (AvgIpc) is 2.70. The number of fused-ring (bicyclic) bond motifs is 1. The van der Waals surface area contributed by atoms with Crippen LogP contribution in [0.5, 0.6) is 11.5 Å². The largest absolute Gasteiger partial charge is 0.508 e. The van der Waals surface area contributed by atoms with Crippen LogP contribution in [-0.2, 0) is 11.2 Å². The van der Waals surface area contributed by atoms with Gasteiger partial charge in [0.25, 0.3) is 0 Å². The summed E-state index contributed by atoms with van der Waals surface area (Å²) in [5.74, 6) is -0.0872. The van der Waals surface area contributed by atoms with Crippen molar-refractivity contribution in [3.8, 4) is 11.5 Å². The molecule has 1 aromatic rings. The molecule has 0 fully saturated rings. The zero-order valence-electron chi connectivity index (χ0n) is 11.3. The van der Waals surface area contributed by atoms with E-state index in [1.54, 1.807) is 26.8 Å². The second kappa shape index (κ2) is 4.74. The van der Waals surface area contributed by atoms with Crippen molar-refractivity contribution in [3.63, 3.8) is 0 Å². The molecule has 1 unspecified atom stereocenters. The van der Waals surface area contributed by atoms with E-state index in [1.807, 2.05) is 0 Å². The summed E-state index contributed by atoms with van der Waals surface area (Å²) in [6.07, 6.45) is 0.0708. The van der Waals surface area contributed by atoms with Crippen molar-refractivity contribution >= 4 is 5.97 Å². The third kappa shape index (κ3) is 2.98. The Labute approximate surface area is 111 Å². The molecule has 104 valence electrons. The minimum atomic E-state index is -0.597. The third-order valence-electron chi connectivity index (χ3n) is 2.75. The standard InChI is InChI=1S/C14H18O5/c1-14(2,3)19-13(17)8-4-11(16)10-6-9(7-15)18-12(10)5-8/h4-5,9,15-16H,6-7H2,1-3H3. The van der Waals surface area contributed by atoms with Crippen LogP contribution in [0, 0.1) is 0 Å². The van der Waals surface area contributed by atoms with Gasteiger partial charge >= 0.3 is 5.97 Å². The lowest BCUT2D eigenvalue weighted by molar-refractivity contribution is 0.00686. The van der Waals surface area contributed by atoms with Crippen molar-refractivity contribution in [2.45, 2.75) is 38.9 Å². The quantitative estimate of drug-likeness (QED) is 0.796. The number of aliphatic hydroxyl groups is 1. The van der Waals surface area contributed by atoms with E-state index in [0.29, 0.717) is 17.7 Å². The van der Waals surface area contributed by atoms with Gasteiger partial charge in [-0.15, -0.1) is 0 Å². The van der Waals surface area contributed by atoms with Gasteiger partial charge in [0, 0.05) is 12.0 Å². The van der Waals surface area contributed by atoms with Crippen LogP contribution in [0.25, 0.3) is 0 Å². The molecule has 0 saturated carbocycles. The van der Waals surface area contributed by atoms with Crippen molar-refractivity contribution in [2.75, 3.05) is 6.61 Å². The lowest BCUT2D eigenvalue weighted by Crippen LogP contribution is -2.23. The van der Waals surface area contributed by atoms with Crippen LogP contribution < -0.4 is 4.74 Å². The molecule has 1 aromatic carbocycles. The molecule has 0 amide bonds. The maximum Gasteiger partial charge on any atom is 0.338 e. The Balaban J connectivity index is 2.27. The van der Waals surface area contributed by atoms with Crippen molar-refractivity contribution in [1.82, 2.24) is 0 Å². The average molecular weight is 266 g/mol. The molecule has 1 heterocycles. The molecule has 19 heavy (non-hydrogen) atoms. The zero-order chi connectivity index (χ0) is 14.2. The summed E-state index contributed by atoms with van der Waals surface area (Å²) >= 11 is 0. The number of benzene rings is 1. The molecular formula is C14H18O5. The van der Waals surface area contributed by atoms with E-state index in [1.165, 1.54) is 6.07 Å². The van der Waals surface area contributed by atoms with Gasteiger partial charge in [-0.3, -0.25) is 0 Å². The number of phenols is 1. The van der Waals surface area contributed by atoms with Crippen molar-refractivity contribution < 1.29 is 24.5 Å². The van der Waals surface area contributed by atoms with Crippen LogP contribution in [0.1, 0.15) is 36.7 Å². The first-order valence-electron chi connectivity index (χ1n) is 6.17. The van der Waals surface area contributed by atoms with Crippen LogP contribution in [0.15, 0.2) is 12.1 Å². The van der Waals surface area contributed by atoms with Crippen LogP contribution in [-0.4, -0.2) is 34.5 Å². The second-order valence-corrected chi connectivity index (χ2v) is 5.60. The van der Waals surface area contributed by atoms with Gasteiger partial charge in [-0.2, -0.15) is 0 Å². The first-order chi connectivity index (χ1) is 8.80. The lowest BCUT2D eigenvalue weighted by atomic mass is 10.1. The Morgan fingerprint density at radius 2 is 2.16 bits per heavy atom. The van der Waals surface area contributed by atoms with Gasteiger partial charge in [-0.25, -0.2) is 4.79 Å². The maximum atomic E-state index is 11.9. The zero-order valence-corrected chi connectivity index (χ0v) is 11.3. The highest BCUT2D eigenvalue weighted by molar-refractivity contribution is 5.91. The SMILES string of the molecule is CC(C)(C)OC(=O)c1cc(O)c2c(c1)OC(CO)C2.